The van der Waals surface area contributed by atoms with Crippen molar-refractivity contribution in [1.29, 1.82) is 0 Å². The third kappa shape index (κ3) is 2.93. The van der Waals surface area contributed by atoms with Crippen molar-refractivity contribution in [1.82, 2.24) is 5.16 Å². The highest BCUT2D eigenvalue weighted by Crippen LogP contribution is 2.21. The van der Waals surface area contributed by atoms with Crippen LogP contribution in [0.1, 0.15) is 34.3 Å². The SMILES string of the molecule is CCOC(=O)c1onc(Cc2cccc(C)c2)c1N. The molecule has 0 atom stereocenters. The number of hydrogen-bond acceptors (Lipinski definition) is 5. The van der Waals surface area contributed by atoms with Crippen LogP contribution in [0.2, 0.25) is 0 Å². The van der Waals surface area contributed by atoms with Crippen LogP contribution in [0.25, 0.3) is 0 Å². The number of aromatic nitrogens is 1. The molecule has 0 radical (unpaired) electrons. The van der Waals surface area contributed by atoms with E-state index in [-0.39, 0.29) is 18.1 Å². The van der Waals surface area contributed by atoms with Crippen molar-refractivity contribution in [2.24, 2.45) is 0 Å². The molecule has 5 heteroatoms. The number of carbonyl (C=O) groups excluding carboxylic acids is 1. The van der Waals surface area contributed by atoms with E-state index in [0.717, 1.165) is 11.1 Å². The summed E-state index contributed by atoms with van der Waals surface area (Å²) in [5.74, 6) is -0.604. The van der Waals surface area contributed by atoms with Crippen LogP contribution >= 0.6 is 0 Å². The lowest BCUT2D eigenvalue weighted by Crippen LogP contribution is -2.06. The molecular formula is C14H16N2O3. The summed E-state index contributed by atoms with van der Waals surface area (Å²) in [6.45, 7) is 4.00. The molecule has 1 aromatic heterocycles. The van der Waals surface area contributed by atoms with Crippen molar-refractivity contribution in [2.75, 3.05) is 12.3 Å². The number of anilines is 1. The zero-order chi connectivity index (χ0) is 13.8. The van der Waals surface area contributed by atoms with Crippen molar-refractivity contribution in [2.45, 2.75) is 20.3 Å². The van der Waals surface area contributed by atoms with Gasteiger partial charge in [-0.05, 0) is 19.4 Å². The van der Waals surface area contributed by atoms with Gasteiger partial charge in [0.2, 0.25) is 0 Å². The Labute approximate surface area is 111 Å². The van der Waals surface area contributed by atoms with Crippen molar-refractivity contribution >= 4 is 11.7 Å². The molecule has 19 heavy (non-hydrogen) atoms. The molecule has 0 spiro atoms. The number of rotatable bonds is 4. The van der Waals surface area contributed by atoms with Crippen molar-refractivity contribution in [3.8, 4) is 0 Å². The summed E-state index contributed by atoms with van der Waals surface area (Å²) in [6, 6.07) is 8.00. The fraction of sp³-hybridized carbons (Fsp3) is 0.286. The number of hydrogen-bond donors (Lipinski definition) is 1. The molecule has 5 nitrogen and oxygen atoms in total. The molecule has 1 heterocycles. The van der Waals surface area contributed by atoms with Crippen LogP contribution in [0, 0.1) is 6.92 Å². The first kappa shape index (κ1) is 13.1. The third-order valence-electron chi connectivity index (χ3n) is 2.72. The van der Waals surface area contributed by atoms with Crippen LogP contribution in [0.5, 0.6) is 0 Å². The standard InChI is InChI=1S/C14H16N2O3/c1-3-18-14(17)13-12(15)11(16-19-13)8-10-6-4-5-9(2)7-10/h4-7H,3,8,15H2,1-2H3. The van der Waals surface area contributed by atoms with E-state index in [9.17, 15) is 4.79 Å². The number of nitrogens with two attached hydrogens (primary N) is 1. The summed E-state index contributed by atoms with van der Waals surface area (Å²) in [7, 11) is 0. The van der Waals surface area contributed by atoms with Crippen LogP contribution in [0.4, 0.5) is 5.69 Å². The molecule has 0 aliphatic rings. The fourth-order valence-corrected chi connectivity index (χ4v) is 1.82. The van der Waals surface area contributed by atoms with Gasteiger partial charge in [-0.1, -0.05) is 35.0 Å². The Bertz CT molecular complexity index is 590. The predicted molar refractivity (Wildman–Crippen MR) is 70.9 cm³/mol. The Kier molecular flexibility index (Phi) is 3.85. The molecule has 1 aromatic carbocycles. The Balaban J connectivity index is 2.20. The topological polar surface area (TPSA) is 78.3 Å². The molecule has 0 unspecified atom stereocenters. The minimum Gasteiger partial charge on any atom is -0.460 e. The highest BCUT2D eigenvalue weighted by atomic mass is 16.6. The monoisotopic (exact) mass is 260 g/mol. The Morgan fingerprint density at radius 2 is 2.26 bits per heavy atom. The van der Waals surface area contributed by atoms with E-state index in [1.54, 1.807) is 6.92 Å². The third-order valence-corrected chi connectivity index (χ3v) is 2.72. The van der Waals surface area contributed by atoms with E-state index in [1.807, 2.05) is 31.2 Å². The Morgan fingerprint density at radius 1 is 1.47 bits per heavy atom. The van der Waals surface area contributed by atoms with E-state index in [2.05, 4.69) is 5.16 Å². The molecule has 2 rings (SSSR count). The zero-order valence-electron chi connectivity index (χ0n) is 11.0. The van der Waals surface area contributed by atoms with Gasteiger partial charge < -0.3 is 15.0 Å². The number of nitrogens with zero attached hydrogens (tertiary/aromatic N) is 1. The summed E-state index contributed by atoms with van der Waals surface area (Å²) in [5, 5.41) is 3.84. The zero-order valence-corrected chi connectivity index (χ0v) is 11.0. The number of esters is 1. The van der Waals surface area contributed by atoms with Gasteiger partial charge in [0.1, 0.15) is 11.4 Å². The van der Waals surface area contributed by atoms with Gasteiger partial charge in [-0.25, -0.2) is 4.79 Å². The van der Waals surface area contributed by atoms with E-state index in [0.29, 0.717) is 12.1 Å². The molecule has 0 aliphatic heterocycles. The normalized spacial score (nSPS) is 10.4. The average molecular weight is 260 g/mol. The summed E-state index contributed by atoms with van der Waals surface area (Å²) < 4.78 is 9.80. The minimum atomic E-state index is -0.581. The van der Waals surface area contributed by atoms with Crippen LogP contribution in [0.15, 0.2) is 28.8 Å². The van der Waals surface area contributed by atoms with E-state index < -0.39 is 5.97 Å². The van der Waals surface area contributed by atoms with Crippen LogP contribution in [0.3, 0.4) is 0 Å². The van der Waals surface area contributed by atoms with Gasteiger partial charge in [-0.2, -0.15) is 0 Å². The maximum atomic E-state index is 11.5. The largest absolute Gasteiger partial charge is 0.460 e. The molecule has 100 valence electrons. The van der Waals surface area contributed by atoms with Gasteiger partial charge in [-0.15, -0.1) is 0 Å². The second kappa shape index (κ2) is 5.56. The molecule has 0 bridgehead atoms. The molecule has 0 saturated heterocycles. The maximum Gasteiger partial charge on any atom is 0.379 e. The highest BCUT2D eigenvalue weighted by Gasteiger charge is 2.21. The number of ether oxygens (including phenoxy) is 1. The summed E-state index contributed by atoms with van der Waals surface area (Å²) >= 11 is 0. The molecule has 0 amide bonds. The van der Waals surface area contributed by atoms with Gasteiger partial charge in [0, 0.05) is 6.42 Å². The lowest BCUT2D eigenvalue weighted by atomic mass is 10.1. The highest BCUT2D eigenvalue weighted by molar-refractivity contribution is 5.92. The number of aryl methyl sites for hydroxylation is 1. The number of benzene rings is 1. The van der Waals surface area contributed by atoms with Crippen molar-refractivity contribution < 1.29 is 14.1 Å². The first-order valence-corrected chi connectivity index (χ1v) is 6.08. The van der Waals surface area contributed by atoms with Gasteiger partial charge in [0.15, 0.2) is 0 Å². The van der Waals surface area contributed by atoms with Crippen LogP contribution < -0.4 is 5.73 Å². The minimum absolute atomic E-state index is 0.0236. The Hall–Kier alpha value is -2.30. The number of carbonyl (C=O) groups is 1. The molecule has 2 aromatic rings. The summed E-state index contributed by atoms with van der Waals surface area (Å²) in [5.41, 5.74) is 8.89. The second-order valence-corrected chi connectivity index (χ2v) is 4.26. The maximum absolute atomic E-state index is 11.5. The van der Waals surface area contributed by atoms with Crippen LogP contribution in [-0.4, -0.2) is 17.7 Å². The van der Waals surface area contributed by atoms with E-state index >= 15 is 0 Å². The van der Waals surface area contributed by atoms with Crippen molar-refractivity contribution in [3.63, 3.8) is 0 Å². The van der Waals surface area contributed by atoms with Gasteiger partial charge in [0.05, 0.1) is 6.61 Å². The average Bonchev–Trinajstić information content (AvgIpc) is 2.71. The lowest BCUT2D eigenvalue weighted by Gasteiger charge is -2.01. The molecule has 0 aliphatic carbocycles. The fourth-order valence-electron chi connectivity index (χ4n) is 1.82. The summed E-state index contributed by atoms with van der Waals surface area (Å²) in [6.07, 6.45) is 0.524. The van der Waals surface area contributed by atoms with Crippen LogP contribution in [-0.2, 0) is 11.2 Å². The van der Waals surface area contributed by atoms with Gasteiger partial charge >= 0.3 is 5.97 Å². The quantitative estimate of drug-likeness (QED) is 0.853. The van der Waals surface area contributed by atoms with E-state index in [4.69, 9.17) is 15.0 Å². The molecular weight excluding hydrogens is 244 g/mol. The van der Waals surface area contributed by atoms with Gasteiger partial charge in [-0.3, -0.25) is 0 Å². The molecule has 2 N–H and O–H groups in total. The summed E-state index contributed by atoms with van der Waals surface area (Å²) in [4.78, 5) is 11.5. The Morgan fingerprint density at radius 3 is 2.95 bits per heavy atom. The first-order chi connectivity index (χ1) is 9.11. The predicted octanol–water partition coefficient (Wildman–Crippen LogP) is 2.33. The van der Waals surface area contributed by atoms with Gasteiger partial charge in [0.25, 0.3) is 5.76 Å². The van der Waals surface area contributed by atoms with E-state index in [1.165, 1.54) is 0 Å². The number of nitrogen functional groups attached to an aromatic ring is 1. The first-order valence-electron chi connectivity index (χ1n) is 6.08. The van der Waals surface area contributed by atoms with Crippen molar-refractivity contribution in [3.05, 3.63) is 46.8 Å². The smallest absolute Gasteiger partial charge is 0.379 e. The lowest BCUT2D eigenvalue weighted by molar-refractivity contribution is 0.0481. The second-order valence-electron chi connectivity index (χ2n) is 4.26. The molecule has 0 saturated carbocycles. The molecule has 0 fully saturated rings.